The summed E-state index contributed by atoms with van der Waals surface area (Å²) >= 11 is 0. The second-order valence-corrected chi connectivity index (χ2v) is 41.5. The van der Waals surface area contributed by atoms with Gasteiger partial charge in [-0.2, -0.15) is 10.5 Å². The summed E-state index contributed by atoms with van der Waals surface area (Å²) in [4.78, 5) is 76.8. The van der Waals surface area contributed by atoms with E-state index >= 15 is 0 Å². The van der Waals surface area contributed by atoms with Crippen LogP contribution in [0.15, 0.2) is 279 Å². The smallest absolute Gasteiger partial charge is 0.221 e. The van der Waals surface area contributed by atoms with Crippen molar-refractivity contribution in [2.24, 2.45) is 0 Å². The van der Waals surface area contributed by atoms with Gasteiger partial charge in [0.05, 0.1) is 50.1 Å². The van der Waals surface area contributed by atoms with Crippen molar-refractivity contribution in [3.8, 4) is 12.1 Å². The van der Waals surface area contributed by atoms with Gasteiger partial charge in [0.25, 0.3) is 0 Å². The van der Waals surface area contributed by atoms with Crippen molar-refractivity contribution in [1.82, 2.24) is 9.13 Å². The highest BCUT2D eigenvalue weighted by Gasteiger charge is 2.27. The van der Waals surface area contributed by atoms with Gasteiger partial charge in [0.2, 0.25) is 35.4 Å². The quantitative estimate of drug-likeness (QED) is 0.0310. The molecule has 0 spiro atoms. The number of hydrogen-bond acceptors (Lipinski definition) is 17. The number of nitrogens with one attached hydrogen (secondary N) is 6. The van der Waals surface area contributed by atoms with Crippen molar-refractivity contribution in [2.75, 3.05) is 117 Å². The van der Waals surface area contributed by atoms with Crippen molar-refractivity contribution in [2.45, 2.75) is 182 Å². The van der Waals surface area contributed by atoms with Gasteiger partial charge in [-0.05, 0) is 275 Å². The molecule has 0 aliphatic carbocycles. The third-order valence-electron chi connectivity index (χ3n) is 27.5. The van der Waals surface area contributed by atoms with Crippen LogP contribution in [0.25, 0.3) is 21.8 Å². The number of amides is 6. The van der Waals surface area contributed by atoms with Crippen LogP contribution in [-0.4, -0.2) is 118 Å². The molecule has 2 aromatic heterocycles. The molecule has 148 heavy (non-hydrogen) atoms. The first-order valence-corrected chi connectivity index (χ1v) is 53.3. The number of aryl methyl sites for hydroxylation is 2. The molecule has 6 amide bonds. The number of aromatic nitrogens is 2. The van der Waals surface area contributed by atoms with Crippen molar-refractivity contribution >= 4 is 124 Å². The summed E-state index contributed by atoms with van der Waals surface area (Å²) in [6.07, 6.45) is 17.5. The first-order valence-electron chi connectivity index (χ1n) is 51.2. The van der Waals surface area contributed by atoms with E-state index in [1.54, 1.807) is 13.8 Å². The highest BCUT2D eigenvalue weighted by molar-refractivity contribution is 7.89. The van der Waals surface area contributed by atoms with E-state index in [9.17, 15) is 37.2 Å². The number of nitrogens with zero attached hydrogens (tertiary/aromatic N) is 8. The Balaban J connectivity index is 0.000000127. The summed E-state index contributed by atoms with van der Waals surface area (Å²) in [6, 6.07) is 95.9. The van der Waals surface area contributed by atoms with Gasteiger partial charge in [-0.15, -0.1) is 0 Å². The van der Waals surface area contributed by atoms with Crippen molar-refractivity contribution in [3.63, 3.8) is 0 Å². The first kappa shape index (κ1) is 105. The number of anilines is 10. The molecule has 3 atom stereocenters. The lowest BCUT2D eigenvalue weighted by molar-refractivity contribution is -0.115. The predicted molar refractivity (Wildman–Crippen MR) is 592 cm³/mol. The first-order chi connectivity index (χ1) is 71.7. The normalized spacial score (nSPS) is 15.5. The van der Waals surface area contributed by atoms with Gasteiger partial charge in [-0.3, -0.25) is 28.8 Å². The summed E-state index contributed by atoms with van der Waals surface area (Å²) < 4.78 is 43.8. The second kappa shape index (κ2) is 50.6. The molecule has 9 heterocycles. The molecule has 3 fully saturated rings. The maximum absolute atomic E-state index is 11.4. The van der Waals surface area contributed by atoms with Crippen LogP contribution in [0.5, 0.6) is 0 Å². The molecule has 0 saturated carbocycles. The molecule has 3 saturated heterocycles. The second-order valence-electron chi connectivity index (χ2n) is 39.3. The fraction of sp³-hybridized carbons (Fsp3) is 0.311. The Morgan fingerprint density at radius 1 is 0.324 bits per heavy atom. The molecule has 7 aliphatic rings. The molecule has 7 aliphatic heterocycles. The third-order valence-corrected chi connectivity index (χ3v) is 28.4. The van der Waals surface area contributed by atoms with E-state index in [1.807, 2.05) is 115 Å². The minimum atomic E-state index is -3.02. The summed E-state index contributed by atoms with van der Waals surface area (Å²) in [7, 11) is -3.02. The van der Waals surface area contributed by atoms with Gasteiger partial charge in [0, 0.05) is 236 Å². The lowest BCUT2D eigenvalue weighted by atomic mass is 9.97. The number of sulfone groups is 1. The molecular weight excluding hydrogens is 1870 g/mol. The molecule has 762 valence electrons. The van der Waals surface area contributed by atoms with E-state index in [0.717, 1.165) is 229 Å². The van der Waals surface area contributed by atoms with E-state index < -0.39 is 9.84 Å². The minimum absolute atomic E-state index is 0.0241. The van der Waals surface area contributed by atoms with Crippen LogP contribution in [0, 0.1) is 22.7 Å². The highest BCUT2D eigenvalue weighted by atomic mass is 32.2. The number of carbonyl (C=O) groups is 6. The van der Waals surface area contributed by atoms with Crippen molar-refractivity contribution in [3.05, 3.63) is 368 Å². The molecule has 0 radical (unpaired) electrons. The van der Waals surface area contributed by atoms with Crippen LogP contribution < -0.4 is 51.5 Å². The largest absolute Gasteiger partial charge is 0.381 e. The van der Waals surface area contributed by atoms with Crippen LogP contribution >= 0.6 is 0 Å². The molecule has 14 aromatic rings. The minimum Gasteiger partial charge on any atom is -0.381 e. The zero-order valence-electron chi connectivity index (χ0n) is 85.6. The Morgan fingerprint density at radius 3 is 0.932 bits per heavy atom. The van der Waals surface area contributed by atoms with Gasteiger partial charge < -0.3 is 74.8 Å². The van der Waals surface area contributed by atoms with Gasteiger partial charge in [-0.1, -0.05) is 146 Å². The van der Waals surface area contributed by atoms with Crippen molar-refractivity contribution < 1.29 is 51.4 Å². The van der Waals surface area contributed by atoms with Gasteiger partial charge >= 0.3 is 0 Å². The number of rotatable bonds is 25. The molecular formula is C122H132N14O11S. The number of hydrogen-bond donors (Lipinski definition) is 6. The average molecular weight is 2000 g/mol. The zero-order valence-corrected chi connectivity index (χ0v) is 86.4. The van der Waals surface area contributed by atoms with Crippen LogP contribution in [0.1, 0.15) is 187 Å². The fourth-order valence-corrected chi connectivity index (χ4v) is 21.2. The third kappa shape index (κ3) is 29.9. The van der Waals surface area contributed by atoms with E-state index in [-0.39, 0.29) is 47.3 Å². The topological polar surface area (TPSA) is 307 Å². The van der Waals surface area contributed by atoms with E-state index in [4.69, 9.17) is 24.7 Å². The molecule has 25 nitrogen and oxygen atoms in total. The van der Waals surface area contributed by atoms with Crippen LogP contribution in [0.4, 0.5) is 56.9 Å². The Bertz CT molecular complexity index is 7200. The zero-order chi connectivity index (χ0) is 104. The number of fused-ring (bicyclic) bond motifs is 6. The average Bonchev–Trinajstić information content (AvgIpc) is 1.43. The molecule has 0 bridgehead atoms. The SMILES string of the molecule is CC(=O)Nc1ccc2c(c1)CCCN2Cc1ccc(C2CCCO2)cc1.CC(=O)Nc1ccc2c(c1)CCCN2Cc1ccc(CC#N)cc1.CC(=O)Nc1ccc2c(c1)CCN2Cc1ccc(C2CCOC2)cc1.CC(=O)Nc1ccc2c(c1)CCN2Cc1ccc(CC#N)cc1.CC(=O)Nc1ccc2c(ccn2Cc2ccc(C3CCOC3)cc2)c1.CC(=O)Nc1ccc2c(ccn2Cc2ccc(CS(C)(=O)=O)cc2)c1. The lowest BCUT2D eigenvalue weighted by Gasteiger charge is -2.32. The molecule has 6 N–H and O–H groups in total. The Labute approximate surface area is 868 Å². The monoisotopic (exact) mass is 2000 g/mol. The summed E-state index contributed by atoms with van der Waals surface area (Å²) in [5, 5.41) is 36.7. The maximum atomic E-state index is 11.4. The Kier molecular flexibility index (Phi) is 36.0. The Hall–Kier alpha value is -15.5. The molecule has 3 unspecified atom stereocenters. The maximum Gasteiger partial charge on any atom is 0.221 e. The number of carbonyl (C=O) groups excluding carboxylic acids is 6. The Morgan fingerprint density at radius 2 is 0.622 bits per heavy atom. The van der Waals surface area contributed by atoms with Crippen LogP contribution in [0.3, 0.4) is 0 Å². The molecule has 21 rings (SSSR count). The van der Waals surface area contributed by atoms with Crippen LogP contribution in [0.2, 0.25) is 0 Å². The van der Waals surface area contributed by atoms with Gasteiger partial charge in [-0.25, -0.2) is 8.42 Å². The van der Waals surface area contributed by atoms with Gasteiger partial charge in [0.15, 0.2) is 9.84 Å². The summed E-state index contributed by atoms with van der Waals surface area (Å²) in [5.41, 5.74) is 32.1. The van der Waals surface area contributed by atoms with E-state index in [0.29, 0.717) is 31.2 Å². The summed E-state index contributed by atoms with van der Waals surface area (Å²) in [6.45, 7) is 22.7. The van der Waals surface area contributed by atoms with Crippen LogP contribution in [-0.2, 0) is 136 Å². The van der Waals surface area contributed by atoms with Crippen molar-refractivity contribution in [1.29, 1.82) is 10.5 Å². The standard InChI is InChI=1S/C22H26N2O2.C21H24N2O2.C21H22N2O2.C20H21N3O.C19H19N3O.C19H20N2O3S/c1-16(25)23-20-10-11-21-19(14-20)4-2-12-24(21)15-17-6-8-18(9-7-17)22-5-3-13-26-22;2*1-15(24)22-20-6-7-21-18(12-20)8-10-23(21)13-16-2-4-17(5-3-16)19-9-11-25-14-19;1-15(24)22-19-8-9-20-18(13-19)3-2-12-23(20)14-17-6-4-16(5-7-17)10-11-21;1-14(23)21-18-6-7-19-17(12-18)9-11-22(19)13-16-4-2-15(3-5-16)8-10-20;1-14(22)20-18-7-8-19-17(11-18)9-10-21(19)12-15-3-5-16(6-4-15)13-25(2,23)24/h6-11,14,22H,2-5,12-13,15H2,1H3,(H,23,25);2-7,12,19H,8-11,13-14H2,1H3,(H,22,24);2-8,10,12,19H,9,11,13-14H2,1H3,(H,22,24);4-9,13H,2-3,10,12,14H2,1H3,(H,22,24);2-7,12H,8-9,11,13H2,1H3,(H,21,23);3-11H,12-13H2,1-2H3,(H,20,22). The molecule has 12 aromatic carbocycles. The highest BCUT2D eigenvalue weighted by Crippen LogP contribution is 2.39. The number of benzene rings is 12. The number of ether oxygens (including phenoxy) is 3. The summed E-state index contributed by atoms with van der Waals surface area (Å²) in [5.74, 6) is 0.900. The van der Waals surface area contributed by atoms with Gasteiger partial charge in [0.1, 0.15) is 0 Å². The van der Waals surface area contributed by atoms with E-state index in [2.05, 4.69) is 237 Å². The molecule has 26 heteroatoms. The fourth-order valence-electron chi connectivity index (χ4n) is 20.4. The lowest BCUT2D eigenvalue weighted by Crippen LogP contribution is -2.28. The number of nitriles is 2. The van der Waals surface area contributed by atoms with E-state index in [1.165, 1.54) is 129 Å². The predicted octanol–water partition coefficient (Wildman–Crippen LogP) is 22.4.